The van der Waals surface area contributed by atoms with E-state index in [-0.39, 0.29) is 11.1 Å². The van der Waals surface area contributed by atoms with Gasteiger partial charge in [0.15, 0.2) is 5.96 Å². The van der Waals surface area contributed by atoms with E-state index in [1.54, 1.807) is 12.1 Å². The first kappa shape index (κ1) is 9.27. The van der Waals surface area contributed by atoms with Gasteiger partial charge in [0, 0.05) is 0 Å². The third-order valence-corrected chi connectivity index (χ3v) is 2.40. The second kappa shape index (κ2) is 3.46. The number of nitrogens with two attached hydrogens (primary N) is 1. The number of nitrogens with one attached hydrogen (secondary N) is 1. The standard InChI is InChI=1S/C9H9ClFN3/c10-6-3-5(1-2-7(6)11)8-4-13-9(12)14-8/h1-3,8H,4H2,(H3,12,13,14). The molecule has 1 unspecified atom stereocenters. The lowest BCUT2D eigenvalue weighted by Gasteiger charge is -2.11. The molecule has 1 aliphatic heterocycles. The Kier molecular flexibility index (Phi) is 2.29. The summed E-state index contributed by atoms with van der Waals surface area (Å²) in [5.74, 6) is -0.00208. The number of aliphatic imine (C=N–C) groups is 1. The molecule has 14 heavy (non-hydrogen) atoms. The van der Waals surface area contributed by atoms with Gasteiger partial charge in [-0.2, -0.15) is 0 Å². The summed E-state index contributed by atoms with van der Waals surface area (Å²) < 4.78 is 12.9. The van der Waals surface area contributed by atoms with Crippen molar-refractivity contribution < 1.29 is 4.39 Å². The van der Waals surface area contributed by atoms with E-state index in [9.17, 15) is 4.39 Å². The molecule has 3 nitrogen and oxygen atoms in total. The molecule has 0 saturated carbocycles. The monoisotopic (exact) mass is 213 g/mol. The minimum absolute atomic E-state index is 0.00750. The highest BCUT2D eigenvalue weighted by molar-refractivity contribution is 6.30. The van der Waals surface area contributed by atoms with Crippen LogP contribution in [-0.2, 0) is 0 Å². The highest BCUT2D eigenvalue weighted by Crippen LogP contribution is 2.22. The molecule has 0 fully saturated rings. The Hall–Kier alpha value is -1.29. The maximum absolute atomic E-state index is 12.9. The quantitative estimate of drug-likeness (QED) is 0.742. The molecule has 0 aromatic heterocycles. The van der Waals surface area contributed by atoms with Gasteiger partial charge in [0.05, 0.1) is 17.6 Å². The second-order valence-electron chi connectivity index (χ2n) is 3.10. The number of guanidine groups is 1. The van der Waals surface area contributed by atoms with Crippen LogP contribution in [-0.4, -0.2) is 12.5 Å². The number of hydrogen-bond acceptors (Lipinski definition) is 3. The lowest BCUT2D eigenvalue weighted by molar-refractivity contribution is 0.624. The number of halogens is 2. The summed E-state index contributed by atoms with van der Waals surface area (Å²) in [6.07, 6.45) is 0. The average Bonchev–Trinajstić information content (AvgIpc) is 2.57. The molecule has 0 spiro atoms. The van der Waals surface area contributed by atoms with Crippen LogP contribution in [0.25, 0.3) is 0 Å². The molecule has 5 heteroatoms. The summed E-state index contributed by atoms with van der Waals surface area (Å²) in [5.41, 5.74) is 6.35. The molecular weight excluding hydrogens is 205 g/mol. The van der Waals surface area contributed by atoms with Crippen LogP contribution in [0.4, 0.5) is 4.39 Å². The Bertz CT molecular complexity index is 392. The smallest absolute Gasteiger partial charge is 0.189 e. The molecule has 0 radical (unpaired) electrons. The van der Waals surface area contributed by atoms with Gasteiger partial charge in [-0.25, -0.2) is 4.39 Å². The molecular formula is C9H9ClFN3. The molecule has 0 amide bonds. The molecule has 1 aromatic carbocycles. The summed E-state index contributed by atoms with van der Waals surface area (Å²) >= 11 is 5.66. The van der Waals surface area contributed by atoms with Crippen molar-refractivity contribution in [1.29, 1.82) is 0 Å². The fraction of sp³-hybridized carbons (Fsp3) is 0.222. The highest BCUT2D eigenvalue weighted by Gasteiger charge is 2.17. The van der Waals surface area contributed by atoms with Crippen LogP contribution in [0.3, 0.4) is 0 Å². The van der Waals surface area contributed by atoms with Gasteiger partial charge in [-0.05, 0) is 17.7 Å². The zero-order chi connectivity index (χ0) is 10.1. The van der Waals surface area contributed by atoms with Crippen molar-refractivity contribution in [3.8, 4) is 0 Å². The Labute approximate surface area is 85.8 Å². The van der Waals surface area contributed by atoms with Crippen LogP contribution in [0.5, 0.6) is 0 Å². The van der Waals surface area contributed by atoms with Crippen molar-refractivity contribution in [3.05, 3.63) is 34.6 Å². The van der Waals surface area contributed by atoms with Crippen molar-refractivity contribution >= 4 is 17.6 Å². The van der Waals surface area contributed by atoms with Gasteiger partial charge in [-0.1, -0.05) is 17.7 Å². The number of nitrogens with zero attached hydrogens (tertiary/aromatic N) is 1. The molecule has 1 heterocycles. The average molecular weight is 214 g/mol. The van der Waals surface area contributed by atoms with Crippen LogP contribution in [0.2, 0.25) is 5.02 Å². The normalized spacial score (nSPS) is 20.4. The molecule has 2 rings (SSSR count). The third kappa shape index (κ3) is 1.65. The first-order valence-electron chi connectivity index (χ1n) is 4.18. The molecule has 1 aliphatic rings. The predicted octanol–water partition coefficient (Wildman–Crippen LogP) is 1.44. The van der Waals surface area contributed by atoms with Crippen molar-refractivity contribution in [3.63, 3.8) is 0 Å². The van der Waals surface area contributed by atoms with Gasteiger partial charge in [0.25, 0.3) is 0 Å². The molecule has 0 aliphatic carbocycles. The summed E-state index contributed by atoms with van der Waals surface area (Å²) in [7, 11) is 0. The lowest BCUT2D eigenvalue weighted by Crippen LogP contribution is -2.29. The third-order valence-electron chi connectivity index (χ3n) is 2.11. The van der Waals surface area contributed by atoms with E-state index in [2.05, 4.69) is 10.3 Å². The van der Waals surface area contributed by atoms with Crippen LogP contribution in [0, 0.1) is 5.82 Å². The Morgan fingerprint density at radius 2 is 2.36 bits per heavy atom. The van der Waals surface area contributed by atoms with E-state index >= 15 is 0 Å². The van der Waals surface area contributed by atoms with Gasteiger partial charge >= 0.3 is 0 Å². The van der Waals surface area contributed by atoms with Crippen LogP contribution >= 0.6 is 11.6 Å². The first-order valence-corrected chi connectivity index (χ1v) is 4.56. The van der Waals surface area contributed by atoms with Crippen molar-refractivity contribution in [2.75, 3.05) is 6.54 Å². The molecule has 0 saturated heterocycles. The van der Waals surface area contributed by atoms with Gasteiger partial charge in [0.2, 0.25) is 0 Å². The Balaban J connectivity index is 2.22. The van der Waals surface area contributed by atoms with E-state index in [0.717, 1.165) is 5.56 Å². The predicted molar refractivity (Wildman–Crippen MR) is 53.8 cm³/mol. The fourth-order valence-electron chi connectivity index (χ4n) is 1.38. The molecule has 1 atom stereocenters. The zero-order valence-electron chi connectivity index (χ0n) is 7.30. The largest absolute Gasteiger partial charge is 0.370 e. The topological polar surface area (TPSA) is 50.4 Å². The minimum Gasteiger partial charge on any atom is -0.370 e. The first-order chi connectivity index (χ1) is 6.66. The van der Waals surface area contributed by atoms with Crippen LogP contribution in [0.15, 0.2) is 23.2 Å². The SMILES string of the molecule is NC1=NCC(c2ccc(F)c(Cl)c2)N1. The van der Waals surface area contributed by atoms with Crippen molar-refractivity contribution in [1.82, 2.24) is 5.32 Å². The summed E-state index contributed by atoms with van der Waals surface area (Å²) in [6.45, 7) is 0.563. The number of rotatable bonds is 1. The van der Waals surface area contributed by atoms with E-state index in [0.29, 0.717) is 12.5 Å². The highest BCUT2D eigenvalue weighted by atomic mass is 35.5. The number of hydrogen-bond donors (Lipinski definition) is 2. The second-order valence-corrected chi connectivity index (χ2v) is 3.50. The van der Waals surface area contributed by atoms with E-state index < -0.39 is 5.82 Å². The maximum atomic E-state index is 12.9. The molecule has 74 valence electrons. The molecule has 0 bridgehead atoms. The van der Waals surface area contributed by atoms with Crippen LogP contribution in [0.1, 0.15) is 11.6 Å². The van der Waals surface area contributed by atoms with Crippen molar-refractivity contribution in [2.24, 2.45) is 10.7 Å². The molecule has 3 N–H and O–H groups in total. The fourth-order valence-corrected chi connectivity index (χ4v) is 1.57. The van der Waals surface area contributed by atoms with E-state index in [1.807, 2.05) is 0 Å². The Morgan fingerprint density at radius 3 is 2.93 bits per heavy atom. The summed E-state index contributed by atoms with van der Waals surface area (Å²) in [6, 6.07) is 4.61. The zero-order valence-corrected chi connectivity index (χ0v) is 8.05. The minimum atomic E-state index is -0.415. The van der Waals surface area contributed by atoms with Gasteiger partial charge in [-0.15, -0.1) is 0 Å². The molecule has 1 aromatic rings. The van der Waals surface area contributed by atoms with Crippen molar-refractivity contribution in [2.45, 2.75) is 6.04 Å². The van der Waals surface area contributed by atoms with Crippen LogP contribution < -0.4 is 11.1 Å². The lowest BCUT2D eigenvalue weighted by atomic mass is 10.1. The maximum Gasteiger partial charge on any atom is 0.189 e. The summed E-state index contributed by atoms with van der Waals surface area (Å²) in [5, 5.41) is 3.08. The van der Waals surface area contributed by atoms with E-state index in [4.69, 9.17) is 17.3 Å². The van der Waals surface area contributed by atoms with E-state index in [1.165, 1.54) is 6.07 Å². The summed E-state index contributed by atoms with van der Waals surface area (Å²) in [4.78, 5) is 3.99. The number of benzene rings is 1. The van der Waals surface area contributed by atoms with Gasteiger partial charge < -0.3 is 11.1 Å². The van der Waals surface area contributed by atoms with Gasteiger partial charge in [0.1, 0.15) is 5.82 Å². The Morgan fingerprint density at radius 1 is 1.57 bits per heavy atom. The van der Waals surface area contributed by atoms with Gasteiger partial charge in [-0.3, -0.25) is 4.99 Å².